The predicted octanol–water partition coefficient (Wildman–Crippen LogP) is 5.03. The summed E-state index contributed by atoms with van der Waals surface area (Å²) in [5, 5.41) is 2.69. The van der Waals surface area contributed by atoms with Gasteiger partial charge in [0.25, 0.3) is 0 Å². The first-order valence-corrected chi connectivity index (χ1v) is 8.75. The Morgan fingerprint density at radius 2 is 1.85 bits per heavy atom. The van der Waals surface area contributed by atoms with Crippen molar-refractivity contribution in [3.8, 4) is 0 Å². The maximum Gasteiger partial charge on any atom is 0.412 e. The molecular weight excluding hydrogens is 352 g/mol. The van der Waals surface area contributed by atoms with E-state index in [4.69, 9.17) is 4.74 Å². The van der Waals surface area contributed by atoms with E-state index in [0.29, 0.717) is 29.7 Å². The third kappa shape index (κ3) is 4.51. The van der Waals surface area contributed by atoms with Gasteiger partial charge in [-0.1, -0.05) is 6.07 Å². The Bertz CT molecular complexity index is 916. The normalized spacial score (nSPS) is 13.4. The number of hydrogen-bond donors (Lipinski definition) is 1. The number of carbonyl (C=O) groups is 2. The van der Waals surface area contributed by atoms with Gasteiger partial charge < -0.3 is 4.74 Å². The molecule has 4 nitrogen and oxygen atoms in total. The Labute approximate surface area is 156 Å². The fourth-order valence-corrected chi connectivity index (χ4v) is 3.09. The fraction of sp³-hybridized carbons (Fsp3) is 0.333. The Balaban J connectivity index is 1.96. The first-order chi connectivity index (χ1) is 12.6. The van der Waals surface area contributed by atoms with E-state index in [2.05, 4.69) is 5.32 Å². The number of carbonyl (C=O) groups excluding carboxylic acids is 2. The summed E-state index contributed by atoms with van der Waals surface area (Å²) in [6.07, 6.45) is 0.489. The molecule has 0 aromatic heterocycles. The molecule has 1 aliphatic carbocycles. The van der Waals surface area contributed by atoms with E-state index in [9.17, 15) is 18.4 Å². The highest BCUT2D eigenvalue weighted by Crippen LogP contribution is 2.31. The van der Waals surface area contributed by atoms with E-state index in [-0.39, 0.29) is 17.8 Å². The number of fused-ring (bicyclic) bond motifs is 1. The van der Waals surface area contributed by atoms with Gasteiger partial charge in [0.2, 0.25) is 0 Å². The first-order valence-electron chi connectivity index (χ1n) is 8.75. The largest absolute Gasteiger partial charge is 0.444 e. The van der Waals surface area contributed by atoms with Crippen molar-refractivity contribution < 1.29 is 23.1 Å². The highest BCUT2D eigenvalue weighted by Gasteiger charge is 2.24. The highest BCUT2D eigenvalue weighted by molar-refractivity contribution is 6.01. The molecule has 0 aliphatic heterocycles. The molecule has 0 saturated carbocycles. The number of amides is 1. The molecule has 3 rings (SSSR count). The van der Waals surface area contributed by atoms with Crippen LogP contribution in [0.4, 0.5) is 19.3 Å². The van der Waals surface area contributed by atoms with Crippen LogP contribution in [-0.2, 0) is 17.6 Å². The fourth-order valence-electron chi connectivity index (χ4n) is 3.09. The van der Waals surface area contributed by atoms with Gasteiger partial charge in [-0.25, -0.2) is 13.6 Å². The summed E-state index contributed by atoms with van der Waals surface area (Å²) in [6, 6.07) is 6.77. The van der Waals surface area contributed by atoms with Crippen molar-refractivity contribution in [2.24, 2.45) is 0 Å². The molecule has 6 heteroatoms. The van der Waals surface area contributed by atoms with Crippen LogP contribution in [0.15, 0.2) is 30.3 Å². The van der Waals surface area contributed by atoms with Gasteiger partial charge in [-0.15, -0.1) is 0 Å². The molecule has 0 spiro atoms. The van der Waals surface area contributed by atoms with Crippen LogP contribution in [-0.4, -0.2) is 17.5 Å². The lowest BCUT2D eigenvalue weighted by atomic mass is 9.97. The standard InChI is InChI=1S/C21H21F2NO3/c1-21(2,3)27-20(26)24-18-10-12-5-7-19(25)16(12)9-14(18)8-13-4-6-15(22)11-17(13)23/h4,6,9-11H,5,7-8H2,1-3H3,(H,24,26). The molecule has 142 valence electrons. The monoisotopic (exact) mass is 373 g/mol. The van der Waals surface area contributed by atoms with Gasteiger partial charge in [0.05, 0.1) is 0 Å². The molecule has 0 saturated heterocycles. The van der Waals surface area contributed by atoms with Crippen LogP contribution in [0.3, 0.4) is 0 Å². The number of rotatable bonds is 3. The summed E-state index contributed by atoms with van der Waals surface area (Å²) in [5.41, 5.74) is 2.06. The van der Waals surface area contributed by atoms with Gasteiger partial charge in [-0.05, 0) is 62.1 Å². The molecule has 0 radical (unpaired) electrons. The second-order valence-electron chi connectivity index (χ2n) is 7.63. The zero-order valence-corrected chi connectivity index (χ0v) is 15.5. The van der Waals surface area contributed by atoms with Crippen molar-refractivity contribution >= 4 is 17.6 Å². The molecule has 27 heavy (non-hydrogen) atoms. The van der Waals surface area contributed by atoms with E-state index in [1.807, 2.05) is 0 Å². The minimum atomic E-state index is -0.676. The van der Waals surface area contributed by atoms with Crippen LogP contribution in [0.2, 0.25) is 0 Å². The minimum Gasteiger partial charge on any atom is -0.444 e. The number of Topliss-reactive ketones (excluding diaryl/α,β-unsaturated/α-hetero) is 1. The third-order valence-corrected chi connectivity index (χ3v) is 4.28. The van der Waals surface area contributed by atoms with Gasteiger partial charge in [-0.3, -0.25) is 10.1 Å². The van der Waals surface area contributed by atoms with Crippen molar-refractivity contribution in [1.82, 2.24) is 0 Å². The average molecular weight is 373 g/mol. The van der Waals surface area contributed by atoms with Gasteiger partial charge >= 0.3 is 6.09 Å². The molecule has 0 fully saturated rings. The van der Waals surface area contributed by atoms with E-state index < -0.39 is 23.3 Å². The molecule has 2 aromatic carbocycles. The van der Waals surface area contributed by atoms with Crippen LogP contribution in [0.5, 0.6) is 0 Å². The lowest BCUT2D eigenvalue weighted by Crippen LogP contribution is -2.27. The Hall–Kier alpha value is -2.76. The van der Waals surface area contributed by atoms with Gasteiger partial charge in [0.15, 0.2) is 5.78 Å². The van der Waals surface area contributed by atoms with Crippen molar-refractivity contribution in [1.29, 1.82) is 0 Å². The van der Waals surface area contributed by atoms with Crippen LogP contribution >= 0.6 is 0 Å². The number of ether oxygens (including phenoxy) is 1. The van der Waals surface area contributed by atoms with E-state index in [1.54, 1.807) is 32.9 Å². The maximum absolute atomic E-state index is 14.1. The summed E-state index contributed by atoms with van der Waals surface area (Å²) in [6.45, 7) is 5.26. The lowest BCUT2D eigenvalue weighted by molar-refractivity contribution is 0.0635. The van der Waals surface area contributed by atoms with Crippen molar-refractivity contribution in [2.45, 2.75) is 45.6 Å². The molecule has 1 N–H and O–H groups in total. The van der Waals surface area contributed by atoms with Gasteiger partial charge in [0.1, 0.15) is 17.2 Å². The number of nitrogens with one attached hydrogen (secondary N) is 1. The summed E-state index contributed by atoms with van der Waals surface area (Å²) >= 11 is 0. The summed E-state index contributed by atoms with van der Waals surface area (Å²) in [4.78, 5) is 24.3. The highest BCUT2D eigenvalue weighted by atomic mass is 19.1. The Morgan fingerprint density at radius 1 is 1.11 bits per heavy atom. The van der Waals surface area contributed by atoms with Gasteiger partial charge in [0, 0.05) is 30.2 Å². The second kappa shape index (κ2) is 7.10. The molecule has 2 aromatic rings. The third-order valence-electron chi connectivity index (χ3n) is 4.28. The number of aryl methyl sites for hydroxylation is 1. The van der Waals surface area contributed by atoms with Crippen LogP contribution < -0.4 is 5.32 Å². The predicted molar refractivity (Wildman–Crippen MR) is 98.1 cm³/mol. The van der Waals surface area contributed by atoms with Crippen molar-refractivity contribution in [3.05, 3.63) is 64.2 Å². The van der Waals surface area contributed by atoms with Crippen molar-refractivity contribution in [3.63, 3.8) is 0 Å². The first kappa shape index (κ1) is 19.0. The van der Waals surface area contributed by atoms with Gasteiger partial charge in [-0.2, -0.15) is 0 Å². The maximum atomic E-state index is 14.1. The number of halogens is 2. The molecule has 0 unspecified atom stereocenters. The molecule has 0 atom stereocenters. The quantitative estimate of drug-likeness (QED) is 0.821. The molecular formula is C21H21F2NO3. The molecule has 1 amide bonds. The van der Waals surface area contributed by atoms with E-state index >= 15 is 0 Å². The topological polar surface area (TPSA) is 55.4 Å². The van der Waals surface area contributed by atoms with Crippen LogP contribution in [0.1, 0.15) is 54.2 Å². The van der Waals surface area contributed by atoms with Crippen LogP contribution in [0.25, 0.3) is 0 Å². The smallest absolute Gasteiger partial charge is 0.412 e. The SMILES string of the molecule is CC(C)(C)OC(=O)Nc1cc2c(cc1Cc1ccc(F)cc1F)C(=O)CC2. The zero-order valence-electron chi connectivity index (χ0n) is 15.5. The lowest BCUT2D eigenvalue weighted by Gasteiger charge is -2.21. The Morgan fingerprint density at radius 3 is 2.52 bits per heavy atom. The zero-order chi connectivity index (χ0) is 19.8. The number of anilines is 1. The number of benzene rings is 2. The second-order valence-corrected chi connectivity index (χ2v) is 7.63. The molecule has 1 aliphatic rings. The van der Waals surface area contributed by atoms with Crippen molar-refractivity contribution in [2.75, 3.05) is 5.32 Å². The van der Waals surface area contributed by atoms with Crippen LogP contribution in [0, 0.1) is 11.6 Å². The Kier molecular flexibility index (Phi) is 5.00. The summed E-state index contributed by atoms with van der Waals surface area (Å²) in [5.74, 6) is -1.31. The summed E-state index contributed by atoms with van der Waals surface area (Å²) in [7, 11) is 0. The molecule has 0 heterocycles. The molecule has 0 bridgehead atoms. The van der Waals surface area contributed by atoms with E-state index in [1.165, 1.54) is 12.1 Å². The van der Waals surface area contributed by atoms with E-state index in [0.717, 1.165) is 11.6 Å². The number of hydrogen-bond acceptors (Lipinski definition) is 3. The number of ketones is 1. The average Bonchev–Trinajstić information content (AvgIpc) is 2.89. The summed E-state index contributed by atoms with van der Waals surface area (Å²) < 4.78 is 32.5. The minimum absolute atomic E-state index is 0.0228.